The van der Waals surface area contributed by atoms with Crippen LogP contribution < -0.4 is 10.6 Å². The molecule has 1 fully saturated rings. The van der Waals surface area contributed by atoms with Crippen molar-refractivity contribution in [1.29, 1.82) is 0 Å². The zero-order valence-electron chi connectivity index (χ0n) is 13.7. The molecule has 120 valence electrons. The second-order valence-corrected chi connectivity index (χ2v) is 6.32. The van der Waals surface area contributed by atoms with Crippen molar-refractivity contribution < 1.29 is 4.79 Å². The molecule has 4 heteroatoms. The van der Waals surface area contributed by atoms with E-state index < -0.39 is 0 Å². The van der Waals surface area contributed by atoms with Gasteiger partial charge in [-0.3, -0.25) is 4.90 Å². The Kier molecular flexibility index (Phi) is 6.01. The second-order valence-electron chi connectivity index (χ2n) is 6.32. The normalized spacial score (nSPS) is 16.3. The van der Waals surface area contributed by atoms with Crippen LogP contribution in [0.5, 0.6) is 0 Å². The van der Waals surface area contributed by atoms with Crippen LogP contribution in [0.15, 0.2) is 36.4 Å². The molecule has 0 saturated carbocycles. The average Bonchev–Trinajstić information content (AvgIpc) is 2.47. The molecule has 1 heterocycles. The molecule has 2 N–H and O–H groups in total. The van der Waals surface area contributed by atoms with E-state index >= 15 is 0 Å². The third-order valence-corrected chi connectivity index (χ3v) is 3.95. The van der Waals surface area contributed by atoms with Gasteiger partial charge in [-0.15, -0.1) is 0 Å². The van der Waals surface area contributed by atoms with E-state index in [0.29, 0.717) is 6.54 Å². The lowest BCUT2D eigenvalue weighted by atomic mass is 10.0. The van der Waals surface area contributed by atoms with E-state index in [4.69, 9.17) is 0 Å². The first kappa shape index (κ1) is 16.6. The fraction of sp³-hybridized carbons (Fsp3) is 0.500. The van der Waals surface area contributed by atoms with Crippen LogP contribution in [0, 0.1) is 6.92 Å². The molecule has 0 atom stereocenters. The molecular formula is C18H27N3O. The van der Waals surface area contributed by atoms with Crippen LogP contribution in [-0.4, -0.2) is 36.6 Å². The molecule has 0 radical (unpaired) electrons. The fourth-order valence-electron chi connectivity index (χ4n) is 2.86. The van der Waals surface area contributed by atoms with Gasteiger partial charge in [-0.05, 0) is 32.3 Å². The SMILES string of the molecule is C=C(C)CN1CCC(NC(=O)NCc2cccc(C)c2)CC1. The maximum absolute atomic E-state index is 12.0. The third-order valence-electron chi connectivity index (χ3n) is 3.95. The number of hydrogen-bond acceptors (Lipinski definition) is 2. The molecule has 4 nitrogen and oxygen atoms in total. The van der Waals surface area contributed by atoms with Gasteiger partial charge in [-0.2, -0.15) is 0 Å². The van der Waals surface area contributed by atoms with Crippen LogP contribution in [0.1, 0.15) is 30.9 Å². The van der Waals surface area contributed by atoms with Gasteiger partial charge in [-0.1, -0.05) is 42.0 Å². The molecule has 22 heavy (non-hydrogen) atoms. The van der Waals surface area contributed by atoms with Gasteiger partial charge in [0.2, 0.25) is 0 Å². The molecule has 0 aliphatic carbocycles. The minimum absolute atomic E-state index is 0.0696. The van der Waals surface area contributed by atoms with Crippen LogP contribution >= 0.6 is 0 Å². The van der Waals surface area contributed by atoms with Crippen LogP contribution in [0.2, 0.25) is 0 Å². The summed E-state index contributed by atoms with van der Waals surface area (Å²) in [6.07, 6.45) is 2.01. The monoisotopic (exact) mass is 301 g/mol. The Balaban J connectivity index is 1.69. The summed E-state index contributed by atoms with van der Waals surface area (Å²) in [6, 6.07) is 8.41. The number of piperidine rings is 1. The summed E-state index contributed by atoms with van der Waals surface area (Å²) in [5.74, 6) is 0. The minimum atomic E-state index is -0.0696. The third kappa shape index (κ3) is 5.53. The van der Waals surface area contributed by atoms with Crippen LogP contribution in [0.25, 0.3) is 0 Å². The van der Waals surface area contributed by atoms with E-state index in [0.717, 1.165) is 38.0 Å². The van der Waals surface area contributed by atoms with E-state index in [1.54, 1.807) is 0 Å². The van der Waals surface area contributed by atoms with Crippen molar-refractivity contribution in [3.05, 3.63) is 47.5 Å². The van der Waals surface area contributed by atoms with E-state index in [1.807, 2.05) is 12.1 Å². The molecule has 2 amide bonds. The molecule has 1 saturated heterocycles. The number of nitrogens with one attached hydrogen (secondary N) is 2. The first-order valence-corrected chi connectivity index (χ1v) is 7.99. The maximum atomic E-state index is 12.0. The van der Waals surface area contributed by atoms with Crippen molar-refractivity contribution in [3.63, 3.8) is 0 Å². The fourth-order valence-corrected chi connectivity index (χ4v) is 2.86. The standard InChI is InChI=1S/C18H27N3O/c1-14(2)13-21-9-7-17(8-10-21)20-18(22)19-12-16-6-4-5-15(3)11-16/h4-6,11,17H,1,7-10,12-13H2,2-3H3,(H2,19,20,22). The van der Waals surface area contributed by atoms with Crippen molar-refractivity contribution in [2.75, 3.05) is 19.6 Å². The zero-order valence-corrected chi connectivity index (χ0v) is 13.7. The Labute approximate surface area is 133 Å². The lowest BCUT2D eigenvalue weighted by molar-refractivity contribution is 0.201. The summed E-state index contributed by atoms with van der Waals surface area (Å²) in [7, 11) is 0. The van der Waals surface area contributed by atoms with Crippen molar-refractivity contribution in [2.24, 2.45) is 0 Å². The highest BCUT2D eigenvalue weighted by molar-refractivity contribution is 5.74. The molecule has 0 aromatic heterocycles. The summed E-state index contributed by atoms with van der Waals surface area (Å²) >= 11 is 0. The maximum Gasteiger partial charge on any atom is 0.315 e. The Bertz CT molecular complexity index is 519. The number of carbonyl (C=O) groups is 1. The smallest absolute Gasteiger partial charge is 0.315 e. The number of likely N-dealkylation sites (tertiary alicyclic amines) is 1. The van der Waals surface area contributed by atoms with Gasteiger partial charge in [0.25, 0.3) is 0 Å². The number of aryl methyl sites for hydroxylation is 1. The first-order chi connectivity index (χ1) is 10.5. The van der Waals surface area contributed by atoms with Crippen molar-refractivity contribution >= 4 is 6.03 Å². The summed E-state index contributed by atoms with van der Waals surface area (Å²) in [6.45, 7) is 11.7. The Morgan fingerprint density at radius 2 is 2.09 bits per heavy atom. The van der Waals surface area contributed by atoms with E-state index in [-0.39, 0.29) is 12.1 Å². The highest BCUT2D eigenvalue weighted by atomic mass is 16.2. The molecule has 1 aromatic rings. The Morgan fingerprint density at radius 1 is 1.36 bits per heavy atom. The van der Waals surface area contributed by atoms with E-state index in [2.05, 4.69) is 48.1 Å². The molecule has 1 aliphatic rings. The zero-order chi connectivity index (χ0) is 15.9. The van der Waals surface area contributed by atoms with Gasteiger partial charge in [-0.25, -0.2) is 4.79 Å². The summed E-state index contributed by atoms with van der Waals surface area (Å²) in [5.41, 5.74) is 3.54. The number of rotatable bonds is 5. The van der Waals surface area contributed by atoms with E-state index in [1.165, 1.54) is 11.1 Å². The number of hydrogen-bond donors (Lipinski definition) is 2. The quantitative estimate of drug-likeness (QED) is 0.821. The molecule has 0 spiro atoms. The van der Waals surface area contributed by atoms with Gasteiger partial charge in [0.05, 0.1) is 0 Å². The highest BCUT2D eigenvalue weighted by Gasteiger charge is 2.20. The first-order valence-electron chi connectivity index (χ1n) is 7.99. The van der Waals surface area contributed by atoms with Crippen molar-refractivity contribution in [3.8, 4) is 0 Å². The topological polar surface area (TPSA) is 44.4 Å². The van der Waals surface area contributed by atoms with Crippen molar-refractivity contribution in [2.45, 2.75) is 39.3 Å². The van der Waals surface area contributed by atoms with Gasteiger partial charge >= 0.3 is 6.03 Å². The van der Waals surface area contributed by atoms with Crippen LogP contribution in [0.4, 0.5) is 4.79 Å². The number of urea groups is 1. The highest BCUT2D eigenvalue weighted by Crippen LogP contribution is 2.11. The molecule has 0 unspecified atom stereocenters. The summed E-state index contributed by atoms with van der Waals surface area (Å²) < 4.78 is 0. The average molecular weight is 301 g/mol. The van der Waals surface area contributed by atoms with Gasteiger partial charge < -0.3 is 10.6 Å². The number of benzene rings is 1. The van der Waals surface area contributed by atoms with Gasteiger partial charge in [0.15, 0.2) is 0 Å². The summed E-state index contributed by atoms with van der Waals surface area (Å²) in [4.78, 5) is 14.4. The number of carbonyl (C=O) groups excluding carboxylic acids is 1. The minimum Gasteiger partial charge on any atom is -0.335 e. The largest absolute Gasteiger partial charge is 0.335 e. The van der Waals surface area contributed by atoms with Crippen molar-refractivity contribution in [1.82, 2.24) is 15.5 Å². The number of amides is 2. The molecule has 1 aromatic carbocycles. The van der Waals surface area contributed by atoms with E-state index in [9.17, 15) is 4.79 Å². The number of nitrogens with zero attached hydrogens (tertiary/aromatic N) is 1. The Morgan fingerprint density at radius 3 is 2.73 bits per heavy atom. The van der Waals surface area contributed by atoms with Crippen LogP contribution in [0.3, 0.4) is 0 Å². The molecular weight excluding hydrogens is 274 g/mol. The predicted octanol–water partition coefficient (Wildman–Crippen LogP) is 2.83. The van der Waals surface area contributed by atoms with Crippen LogP contribution in [-0.2, 0) is 6.54 Å². The lowest BCUT2D eigenvalue weighted by Gasteiger charge is -2.32. The predicted molar refractivity (Wildman–Crippen MR) is 90.8 cm³/mol. The molecule has 0 bridgehead atoms. The second kappa shape index (κ2) is 7.99. The molecule has 1 aliphatic heterocycles. The van der Waals surface area contributed by atoms with Gasteiger partial charge in [0.1, 0.15) is 0 Å². The Hall–Kier alpha value is -1.81. The lowest BCUT2D eigenvalue weighted by Crippen LogP contribution is -2.47. The molecule has 2 rings (SSSR count). The summed E-state index contributed by atoms with van der Waals surface area (Å²) in [5, 5.41) is 6.02. The van der Waals surface area contributed by atoms with Gasteiger partial charge in [0, 0.05) is 32.2 Å².